The van der Waals surface area contributed by atoms with Crippen molar-refractivity contribution in [1.82, 2.24) is 0 Å². The van der Waals surface area contributed by atoms with E-state index in [4.69, 9.17) is 4.74 Å². The van der Waals surface area contributed by atoms with Crippen LogP contribution in [0.4, 0.5) is 0 Å². The van der Waals surface area contributed by atoms with E-state index in [-0.39, 0.29) is 17.1 Å². The lowest BCUT2D eigenvalue weighted by Crippen LogP contribution is -2.55. The van der Waals surface area contributed by atoms with Crippen molar-refractivity contribution in [2.75, 3.05) is 7.11 Å². The van der Waals surface area contributed by atoms with Crippen molar-refractivity contribution in [2.45, 2.75) is 33.1 Å². The summed E-state index contributed by atoms with van der Waals surface area (Å²) in [7, 11) is 1.35. The van der Waals surface area contributed by atoms with Gasteiger partial charge in [0.1, 0.15) is 5.57 Å². The Morgan fingerprint density at radius 3 is 2.45 bits per heavy atom. The molecule has 3 aliphatic rings. The third-order valence-electron chi connectivity index (χ3n) is 5.49. The molecule has 0 amide bonds. The number of Topliss-reactive ketones (excluding diaryl/α,β-unsaturated/α-hetero) is 1. The molecule has 0 aliphatic heterocycles. The maximum atomic E-state index is 12.6. The van der Waals surface area contributed by atoms with Crippen molar-refractivity contribution in [3.8, 4) is 0 Å². The number of ketones is 1. The minimum atomic E-state index is -0.460. The molecule has 2 bridgehead atoms. The molecule has 3 heteroatoms. The SMILES string of the molecule is COC(=O)C1=C(CCc2ccccc2)[C@@H]2C[C@H](C1=O)C2(C)C. The Bertz CT molecular complexity index is 640. The van der Waals surface area contributed by atoms with E-state index in [0.29, 0.717) is 11.5 Å². The van der Waals surface area contributed by atoms with Crippen LogP contribution in [0, 0.1) is 17.3 Å². The zero-order valence-electron chi connectivity index (χ0n) is 13.4. The summed E-state index contributed by atoms with van der Waals surface area (Å²) in [5.41, 5.74) is 2.54. The number of aryl methyl sites for hydroxylation is 1. The maximum Gasteiger partial charge on any atom is 0.341 e. The van der Waals surface area contributed by atoms with Crippen LogP contribution in [0.3, 0.4) is 0 Å². The molecule has 0 saturated heterocycles. The number of carbonyl (C=O) groups excluding carboxylic acids is 2. The van der Waals surface area contributed by atoms with Gasteiger partial charge in [-0.25, -0.2) is 4.79 Å². The first kappa shape index (κ1) is 15.0. The Hall–Kier alpha value is -1.90. The first-order valence-electron chi connectivity index (χ1n) is 7.86. The van der Waals surface area contributed by atoms with Gasteiger partial charge in [0, 0.05) is 5.92 Å². The van der Waals surface area contributed by atoms with Gasteiger partial charge in [-0.2, -0.15) is 0 Å². The first-order valence-corrected chi connectivity index (χ1v) is 7.86. The lowest BCUT2D eigenvalue weighted by Gasteiger charge is -2.56. The number of fused-ring (bicyclic) bond motifs is 1. The highest BCUT2D eigenvalue weighted by atomic mass is 16.5. The predicted octanol–water partition coefficient (Wildman–Crippen LogP) is 3.33. The lowest BCUT2D eigenvalue weighted by molar-refractivity contribution is -0.145. The van der Waals surface area contributed by atoms with Gasteiger partial charge in [0.15, 0.2) is 5.78 Å². The molecule has 0 aromatic heterocycles. The van der Waals surface area contributed by atoms with Gasteiger partial charge in [-0.15, -0.1) is 0 Å². The fourth-order valence-electron chi connectivity index (χ4n) is 4.03. The maximum absolute atomic E-state index is 12.6. The summed E-state index contributed by atoms with van der Waals surface area (Å²) in [4.78, 5) is 24.7. The Labute approximate surface area is 131 Å². The van der Waals surface area contributed by atoms with Gasteiger partial charge in [-0.05, 0) is 41.7 Å². The Morgan fingerprint density at radius 1 is 1.18 bits per heavy atom. The average Bonchev–Trinajstić information content (AvgIpc) is 2.52. The Balaban J connectivity index is 1.92. The number of rotatable bonds is 4. The topological polar surface area (TPSA) is 43.4 Å². The van der Waals surface area contributed by atoms with Crippen molar-refractivity contribution >= 4 is 11.8 Å². The second kappa shape index (κ2) is 5.38. The van der Waals surface area contributed by atoms with Gasteiger partial charge in [-0.1, -0.05) is 44.2 Å². The molecule has 0 spiro atoms. The van der Waals surface area contributed by atoms with Crippen LogP contribution in [0.1, 0.15) is 32.3 Å². The smallest absolute Gasteiger partial charge is 0.341 e. The monoisotopic (exact) mass is 298 g/mol. The Kier molecular flexibility index (Phi) is 3.67. The third kappa shape index (κ3) is 2.20. The van der Waals surface area contributed by atoms with E-state index in [1.165, 1.54) is 12.7 Å². The highest BCUT2D eigenvalue weighted by Crippen LogP contribution is 2.60. The van der Waals surface area contributed by atoms with E-state index >= 15 is 0 Å². The highest BCUT2D eigenvalue weighted by Gasteiger charge is 2.58. The summed E-state index contributed by atoms with van der Waals surface area (Å²) in [6.07, 6.45) is 2.48. The second-order valence-electron chi connectivity index (χ2n) is 6.90. The molecule has 22 heavy (non-hydrogen) atoms. The highest BCUT2D eigenvalue weighted by molar-refractivity contribution is 6.20. The number of hydrogen-bond acceptors (Lipinski definition) is 3. The minimum absolute atomic E-state index is 0.0117. The largest absolute Gasteiger partial charge is 0.465 e. The van der Waals surface area contributed by atoms with E-state index in [9.17, 15) is 9.59 Å². The minimum Gasteiger partial charge on any atom is -0.465 e. The molecule has 0 heterocycles. The van der Waals surface area contributed by atoms with Crippen LogP contribution in [0.5, 0.6) is 0 Å². The zero-order chi connectivity index (χ0) is 15.9. The normalized spacial score (nSPS) is 25.7. The number of benzene rings is 1. The Morgan fingerprint density at radius 2 is 1.86 bits per heavy atom. The second-order valence-corrected chi connectivity index (χ2v) is 6.90. The molecule has 3 nitrogen and oxygen atoms in total. The summed E-state index contributed by atoms with van der Waals surface area (Å²) >= 11 is 0. The molecule has 1 saturated carbocycles. The molecular formula is C19H22O3. The van der Waals surface area contributed by atoms with Crippen LogP contribution in [0.15, 0.2) is 41.5 Å². The quantitative estimate of drug-likeness (QED) is 0.632. The first-order chi connectivity index (χ1) is 10.5. The summed E-state index contributed by atoms with van der Waals surface area (Å²) in [5, 5.41) is 0. The fraction of sp³-hybridized carbons (Fsp3) is 0.474. The molecule has 0 radical (unpaired) electrons. The van der Waals surface area contributed by atoms with Crippen LogP contribution in [-0.4, -0.2) is 18.9 Å². The number of ether oxygens (including phenoxy) is 1. The number of esters is 1. The molecule has 1 aromatic carbocycles. The standard InChI is InChI=1S/C19H22O3/c1-19(2)14-11-15(19)17(20)16(18(21)22-3)13(14)10-9-12-7-5-4-6-8-12/h4-8,14-15H,9-11H2,1-3H3/t14-,15+/m0/s1. The fourth-order valence-corrected chi connectivity index (χ4v) is 4.03. The van der Waals surface area contributed by atoms with Gasteiger partial charge in [-0.3, -0.25) is 4.79 Å². The average molecular weight is 298 g/mol. The van der Waals surface area contributed by atoms with Gasteiger partial charge >= 0.3 is 5.97 Å². The van der Waals surface area contributed by atoms with Crippen molar-refractivity contribution < 1.29 is 14.3 Å². The van der Waals surface area contributed by atoms with E-state index in [1.54, 1.807) is 0 Å². The van der Waals surface area contributed by atoms with E-state index in [0.717, 1.165) is 24.8 Å². The molecule has 4 rings (SSSR count). The van der Waals surface area contributed by atoms with Gasteiger partial charge in [0.05, 0.1) is 7.11 Å². The molecule has 1 fully saturated rings. The van der Waals surface area contributed by atoms with Gasteiger partial charge in [0.2, 0.25) is 0 Å². The van der Waals surface area contributed by atoms with Crippen LogP contribution >= 0.6 is 0 Å². The van der Waals surface area contributed by atoms with Gasteiger partial charge < -0.3 is 4.74 Å². The zero-order valence-corrected chi connectivity index (χ0v) is 13.4. The molecule has 1 aromatic rings. The van der Waals surface area contributed by atoms with E-state index < -0.39 is 5.97 Å². The van der Waals surface area contributed by atoms with Crippen LogP contribution < -0.4 is 0 Å². The van der Waals surface area contributed by atoms with Crippen molar-refractivity contribution in [3.63, 3.8) is 0 Å². The predicted molar refractivity (Wildman–Crippen MR) is 84.2 cm³/mol. The van der Waals surface area contributed by atoms with Crippen LogP contribution in [-0.2, 0) is 20.7 Å². The summed E-state index contributed by atoms with van der Waals surface area (Å²) in [5.74, 6) is -0.166. The summed E-state index contributed by atoms with van der Waals surface area (Å²) < 4.78 is 4.86. The molecular weight excluding hydrogens is 276 g/mol. The van der Waals surface area contributed by atoms with E-state index in [1.807, 2.05) is 18.2 Å². The number of allylic oxidation sites excluding steroid dienone is 1. The van der Waals surface area contributed by atoms with Crippen molar-refractivity contribution in [1.29, 1.82) is 0 Å². The summed E-state index contributed by atoms with van der Waals surface area (Å²) in [6.45, 7) is 4.28. The molecule has 3 aliphatic carbocycles. The number of hydrogen-bond donors (Lipinski definition) is 0. The van der Waals surface area contributed by atoms with Crippen LogP contribution in [0.25, 0.3) is 0 Å². The van der Waals surface area contributed by atoms with Gasteiger partial charge in [0.25, 0.3) is 0 Å². The number of methoxy groups -OCH3 is 1. The molecule has 2 atom stereocenters. The molecule has 0 unspecified atom stereocenters. The number of carbonyl (C=O) groups is 2. The third-order valence-corrected chi connectivity index (χ3v) is 5.49. The van der Waals surface area contributed by atoms with E-state index in [2.05, 4.69) is 26.0 Å². The molecule has 0 N–H and O–H groups in total. The molecule has 116 valence electrons. The van der Waals surface area contributed by atoms with Crippen molar-refractivity contribution in [2.24, 2.45) is 17.3 Å². The lowest BCUT2D eigenvalue weighted by atomic mass is 9.46. The van der Waals surface area contributed by atoms with Crippen LogP contribution in [0.2, 0.25) is 0 Å². The summed E-state index contributed by atoms with van der Waals surface area (Å²) in [6, 6.07) is 10.2. The van der Waals surface area contributed by atoms with Crippen molar-refractivity contribution in [3.05, 3.63) is 47.0 Å².